The largest absolute Gasteiger partial charge is 0.302 e. The lowest BCUT2D eigenvalue weighted by atomic mass is 9.95. The van der Waals surface area contributed by atoms with Gasteiger partial charge >= 0.3 is 0 Å². The molecule has 2 aromatic rings. The standard InChI is InChI=1S/C16H23N3S/c1-12(14-10-17-19(2)11-14)18-16(13-6-3-4-7-13)15-8-5-9-20-15/h5,8-13,16,18H,3-4,6-7H2,1-2H3. The van der Waals surface area contributed by atoms with E-state index in [0.717, 1.165) is 5.92 Å². The normalized spacial score (nSPS) is 19.3. The molecule has 3 rings (SSSR count). The first kappa shape index (κ1) is 13.8. The lowest BCUT2D eigenvalue weighted by Crippen LogP contribution is -2.29. The number of aromatic nitrogens is 2. The maximum atomic E-state index is 4.28. The van der Waals surface area contributed by atoms with Crippen molar-refractivity contribution in [2.75, 3.05) is 0 Å². The molecule has 1 saturated carbocycles. The van der Waals surface area contributed by atoms with Gasteiger partial charge in [-0.25, -0.2) is 0 Å². The zero-order valence-electron chi connectivity index (χ0n) is 12.2. The monoisotopic (exact) mass is 289 g/mol. The van der Waals surface area contributed by atoms with Crippen molar-refractivity contribution in [1.82, 2.24) is 15.1 Å². The fourth-order valence-electron chi connectivity index (χ4n) is 3.24. The summed E-state index contributed by atoms with van der Waals surface area (Å²) in [6.07, 6.45) is 9.56. The van der Waals surface area contributed by atoms with Gasteiger partial charge in [0.1, 0.15) is 0 Å². The van der Waals surface area contributed by atoms with Crippen LogP contribution in [0.15, 0.2) is 29.9 Å². The van der Waals surface area contributed by atoms with Gasteiger partial charge in [-0.05, 0) is 37.1 Å². The van der Waals surface area contributed by atoms with Crippen LogP contribution in [0.4, 0.5) is 0 Å². The van der Waals surface area contributed by atoms with Gasteiger partial charge < -0.3 is 5.32 Å². The molecule has 0 spiro atoms. The summed E-state index contributed by atoms with van der Waals surface area (Å²) in [5.41, 5.74) is 1.27. The third-order valence-corrected chi connectivity index (χ3v) is 5.33. The van der Waals surface area contributed by atoms with Gasteiger partial charge in [-0.15, -0.1) is 11.3 Å². The lowest BCUT2D eigenvalue weighted by Gasteiger charge is -2.27. The molecule has 2 atom stereocenters. The molecule has 1 aliphatic rings. The van der Waals surface area contributed by atoms with Crippen molar-refractivity contribution >= 4 is 11.3 Å². The first-order valence-electron chi connectivity index (χ1n) is 7.52. The Morgan fingerprint density at radius 3 is 2.80 bits per heavy atom. The number of nitrogens with zero attached hydrogens (tertiary/aromatic N) is 2. The summed E-state index contributed by atoms with van der Waals surface area (Å²) in [6, 6.07) is 5.28. The van der Waals surface area contributed by atoms with E-state index >= 15 is 0 Å². The van der Waals surface area contributed by atoms with Crippen molar-refractivity contribution in [2.24, 2.45) is 13.0 Å². The molecule has 2 heterocycles. The average Bonchev–Trinajstić information content (AvgIpc) is 3.17. The third-order valence-electron chi connectivity index (χ3n) is 4.38. The van der Waals surface area contributed by atoms with Crippen LogP contribution in [0, 0.1) is 5.92 Å². The van der Waals surface area contributed by atoms with Crippen LogP contribution in [0.2, 0.25) is 0 Å². The van der Waals surface area contributed by atoms with Crippen LogP contribution in [-0.4, -0.2) is 9.78 Å². The Balaban J connectivity index is 1.76. The zero-order chi connectivity index (χ0) is 13.9. The van der Waals surface area contributed by atoms with Crippen molar-refractivity contribution in [3.8, 4) is 0 Å². The first-order valence-corrected chi connectivity index (χ1v) is 8.40. The van der Waals surface area contributed by atoms with E-state index in [0.29, 0.717) is 12.1 Å². The van der Waals surface area contributed by atoms with Gasteiger partial charge in [0.25, 0.3) is 0 Å². The predicted octanol–water partition coefficient (Wildman–Crippen LogP) is 4.06. The molecular formula is C16H23N3S. The smallest absolute Gasteiger partial charge is 0.0537 e. The number of thiophene rings is 1. The molecule has 2 aromatic heterocycles. The van der Waals surface area contributed by atoms with Crippen molar-refractivity contribution in [3.05, 3.63) is 40.3 Å². The van der Waals surface area contributed by atoms with Crippen LogP contribution < -0.4 is 5.32 Å². The van der Waals surface area contributed by atoms with Crippen molar-refractivity contribution < 1.29 is 0 Å². The van der Waals surface area contributed by atoms with Crippen molar-refractivity contribution in [2.45, 2.75) is 44.7 Å². The molecule has 0 radical (unpaired) electrons. The maximum Gasteiger partial charge on any atom is 0.0537 e. The van der Waals surface area contributed by atoms with E-state index in [1.54, 1.807) is 0 Å². The van der Waals surface area contributed by atoms with Gasteiger partial charge in [-0.1, -0.05) is 18.9 Å². The second-order valence-electron chi connectivity index (χ2n) is 5.87. The second-order valence-corrected chi connectivity index (χ2v) is 6.85. The molecule has 108 valence electrons. The summed E-state index contributed by atoms with van der Waals surface area (Å²) in [6.45, 7) is 2.24. The molecule has 0 saturated heterocycles. The minimum atomic E-state index is 0.344. The van der Waals surface area contributed by atoms with Crippen LogP contribution in [0.3, 0.4) is 0 Å². The molecule has 20 heavy (non-hydrogen) atoms. The van der Waals surface area contributed by atoms with E-state index in [1.807, 2.05) is 29.3 Å². The molecule has 0 bridgehead atoms. The van der Waals surface area contributed by atoms with E-state index in [-0.39, 0.29) is 0 Å². The van der Waals surface area contributed by atoms with Crippen LogP contribution in [-0.2, 0) is 7.05 Å². The van der Waals surface area contributed by atoms with E-state index in [2.05, 4.69) is 41.0 Å². The number of hydrogen-bond acceptors (Lipinski definition) is 3. The molecule has 0 aromatic carbocycles. The van der Waals surface area contributed by atoms with E-state index in [9.17, 15) is 0 Å². The van der Waals surface area contributed by atoms with Crippen LogP contribution in [0.5, 0.6) is 0 Å². The average molecular weight is 289 g/mol. The lowest BCUT2D eigenvalue weighted by molar-refractivity contribution is 0.343. The Morgan fingerprint density at radius 2 is 2.20 bits per heavy atom. The quantitative estimate of drug-likeness (QED) is 0.899. The van der Waals surface area contributed by atoms with Crippen LogP contribution in [0.1, 0.15) is 55.1 Å². The molecule has 1 aliphatic carbocycles. The molecule has 3 nitrogen and oxygen atoms in total. The fraction of sp³-hybridized carbons (Fsp3) is 0.562. The van der Waals surface area contributed by atoms with E-state index < -0.39 is 0 Å². The van der Waals surface area contributed by atoms with Gasteiger partial charge in [0, 0.05) is 35.8 Å². The van der Waals surface area contributed by atoms with Crippen molar-refractivity contribution in [1.29, 1.82) is 0 Å². The molecule has 0 amide bonds. The second kappa shape index (κ2) is 6.10. The van der Waals surface area contributed by atoms with Gasteiger partial charge in [0.15, 0.2) is 0 Å². The highest BCUT2D eigenvalue weighted by atomic mass is 32.1. The van der Waals surface area contributed by atoms with Crippen molar-refractivity contribution in [3.63, 3.8) is 0 Å². The third kappa shape index (κ3) is 2.96. The summed E-state index contributed by atoms with van der Waals surface area (Å²) in [7, 11) is 1.98. The fourth-order valence-corrected chi connectivity index (χ4v) is 4.12. The van der Waals surface area contributed by atoms with E-state index in [4.69, 9.17) is 0 Å². The van der Waals surface area contributed by atoms with Gasteiger partial charge in [0.2, 0.25) is 0 Å². The Morgan fingerprint density at radius 1 is 1.40 bits per heavy atom. The SMILES string of the molecule is CC(NC(c1cccs1)C1CCCC1)c1cnn(C)c1. The summed E-state index contributed by atoms with van der Waals surface area (Å²) in [5.74, 6) is 0.785. The Kier molecular flexibility index (Phi) is 4.22. The maximum absolute atomic E-state index is 4.28. The van der Waals surface area contributed by atoms with Crippen LogP contribution >= 0.6 is 11.3 Å². The van der Waals surface area contributed by atoms with Gasteiger partial charge in [-0.3, -0.25) is 4.68 Å². The summed E-state index contributed by atoms with van der Waals surface area (Å²) in [5, 5.41) is 10.3. The zero-order valence-corrected chi connectivity index (χ0v) is 13.1. The van der Waals surface area contributed by atoms with Crippen LogP contribution in [0.25, 0.3) is 0 Å². The highest BCUT2D eigenvalue weighted by molar-refractivity contribution is 7.10. The van der Waals surface area contributed by atoms with Gasteiger partial charge in [-0.2, -0.15) is 5.10 Å². The highest BCUT2D eigenvalue weighted by Gasteiger charge is 2.28. The Labute approximate surface area is 125 Å². The molecule has 1 fully saturated rings. The molecule has 2 unspecified atom stereocenters. The summed E-state index contributed by atoms with van der Waals surface area (Å²) in [4.78, 5) is 1.48. The number of nitrogens with one attached hydrogen (secondary N) is 1. The Bertz CT molecular complexity index is 526. The minimum absolute atomic E-state index is 0.344. The molecular weight excluding hydrogens is 266 g/mol. The number of rotatable bonds is 5. The molecule has 0 aliphatic heterocycles. The highest BCUT2D eigenvalue weighted by Crippen LogP contribution is 2.38. The summed E-state index contributed by atoms with van der Waals surface area (Å²) < 4.78 is 1.88. The van der Waals surface area contributed by atoms with Gasteiger partial charge in [0.05, 0.1) is 6.20 Å². The Hall–Kier alpha value is -1.13. The number of hydrogen-bond donors (Lipinski definition) is 1. The minimum Gasteiger partial charge on any atom is -0.302 e. The molecule has 1 N–H and O–H groups in total. The predicted molar refractivity (Wildman–Crippen MR) is 83.8 cm³/mol. The number of aryl methyl sites for hydroxylation is 1. The topological polar surface area (TPSA) is 29.9 Å². The first-order chi connectivity index (χ1) is 9.74. The summed E-state index contributed by atoms with van der Waals surface area (Å²) >= 11 is 1.88. The van der Waals surface area contributed by atoms with E-state index in [1.165, 1.54) is 36.1 Å². The molecule has 4 heteroatoms.